The molecule has 0 aromatic rings. The molecule has 4 aliphatic rings. The molecule has 2 N–H and O–H groups in total. The number of nitrogens with zero attached hydrogens (tertiary/aromatic N) is 1. The lowest BCUT2D eigenvalue weighted by Crippen LogP contribution is -2.51. The molecule has 0 bridgehead atoms. The van der Waals surface area contributed by atoms with Crippen molar-refractivity contribution in [1.82, 2.24) is 15.5 Å². The molecular weight excluding hydrogens is 329 g/mol. The summed E-state index contributed by atoms with van der Waals surface area (Å²) in [6.07, 6.45) is 10.2. The molecule has 2 aliphatic carbocycles. The van der Waals surface area contributed by atoms with Gasteiger partial charge in [0.15, 0.2) is 0 Å². The smallest absolute Gasteiger partial charge is 0.237 e. The molecular formula is C21H36FN3O. The molecule has 4 nitrogen and oxygen atoms in total. The van der Waals surface area contributed by atoms with Crippen LogP contribution in [0, 0.1) is 11.8 Å². The minimum absolute atomic E-state index is 0.0296. The summed E-state index contributed by atoms with van der Waals surface area (Å²) < 4.78 is 14.3. The van der Waals surface area contributed by atoms with Gasteiger partial charge in [-0.25, -0.2) is 4.39 Å². The molecule has 2 saturated carbocycles. The lowest BCUT2D eigenvalue weighted by atomic mass is 9.77. The highest BCUT2D eigenvalue weighted by atomic mass is 19.1. The third kappa shape index (κ3) is 3.94. The van der Waals surface area contributed by atoms with Crippen LogP contribution in [0.25, 0.3) is 0 Å². The van der Waals surface area contributed by atoms with Crippen LogP contribution in [0.1, 0.15) is 71.1 Å². The summed E-state index contributed by atoms with van der Waals surface area (Å²) in [6, 6.07) is 0.927. The lowest BCUT2D eigenvalue weighted by molar-refractivity contribution is -0.124. The van der Waals surface area contributed by atoms with E-state index in [9.17, 15) is 9.18 Å². The maximum absolute atomic E-state index is 14.3. The highest BCUT2D eigenvalue weighted by molar-refractivity contribution is 5.82. The summed E-state index contributed by atoms with van der Waals surface area (Å²) in [6.45, 7) is 4.66. The van der Waals surface area contributed by atoms with Crippen LogP contribution in [-0.2, 0) is 4.79 Å². The Hall–Kier alpha value is -0.680. The molecule has 2 saturated heterocycles. The zero-order valence-electron chi connectivity index (χ0n) is 16.3. The van der Waals surface area contributed by atoms with Crippen molar-refractivity contribution in [3.05, 3.63) is 0 Å². The summed E-state index contributed by atoms with van der Waals surface area (Å²) in [5.74, 6) is 0.619. The number of carbonyl (C=O) groups is 1. The number of hydrogen-bond acceptors (Lipinski definition) is 3. The number of carbonyl (C=O) groups excluding carboxylic acids is 1. The van der Waals surface area contributed by atoms with Crippen LogP contribution in [0.5, 0.6) is 0 Å². The number of likely N-dealkylation sites (tertiary alicyclic amines) is 1. The first-order chi connectivity index (χ1) is 12.6. The van der Waals surface area contributed by atoms with Crippen molar-refractivity contribution in [2.45, 2.75) is 101 Å². The quantitative estimate of drug-likeness (QED) is 0.808. The molecule has 5 heteroatoms. The summed E-state index contributed by atoms with van der Waals surface area (Å²) in [4.78, 5) is 15.5. The second-order valence-corrected chi connectivity index (χ2v) is 9.34. The van der Waals surface area contributed by atoms with Gasteiger partial charge in [-0.15, -0.1) is 0 Å². The van der Waals surface area contributed by atoms with E-state index in [0.717, 1.165) is 19.3 Å². The maximum Gasteiger partial charge on any atom is 0.237 e. The van der Waals surface area contributed by atoms with Gasteiger partial charge in [-0.05, 0) is 76.8 Å². The first-order valence-corrected chi connectivity index (χ1v) is 11.1. The van der Waals surface area contributed by atoms with Crippen molar-refractivity contribution in [2.75, 3.05) is 13.1 Å². The van der Waals surface area contributed by atoms with Gasteiger partial charge in [-0.2, -0.15) is 0 Å². The van der Waals surface area contributed by atoms with E-state index in [2.05, 4.69) is 22.5 Å². The van der Waals surface area contributed by atoms with Gasteiger partial charge in [-0.3, -0.25) is 4.79 Å². The average molecular weight is 366 g/mol. The summed E-state index contributed by atoms with van der Waals surface area (Å²) >= 11 is 0. The number of piperidine rings is 1. The van der Waals surface area contributed by atoms with E-state index >= 15 is 0 Å². The molecule has 4 rings (SSSR count). The van der Waals surface area contributed by atoms with Gasteiger partial charge in [0.05, 0.1) is 6.04 Å². The first-order valence-electron chi connectivity index (χ1n) is 11.1. The molecule has 26 heavy (non-hydrogen) atoms. The fourth-order valence-electron chi connectivity index (χ4n) is 6.01. The highest BCUT2D eigenvalue weighted by Crippen LogP contribution is 2.38. The van der Waals surface area contributed by atoms with Crippen LogP contribution < -0.4 is 10.6 Å². The van der Waals surface area contributed by atoms with E-state index in [1.807, 2.05) is 0 Å². The fourth-order valence-corrected chi connectivity index (χ4v) is 6.01. The largest absolute Gasteiger partial charge is 0.352 e. The number of fused-ring (bicyclic) bond motifs is 1. The van der Waals surface area contributed by atoms with Gasteiger partial charge in [-0.1, -0.05) is 13.3 Å². The maximum atomic E-state index is 14.3. The van der Waals surface area contributed by atoms with Crippen LogP contribution in [0.2, 0.25) is 0 Å². The molecule has 0 aromatic heterocycles. The molecule has 0 radical (unpaired) electrons. The van der Waals surface area contributed by atoms with E-state index in [0.29, 0.717) is 30.8 Å². The topological polar surface area (TPSA) is 44.4 Å². The molecule has 1 amide bonds. The van der Waals surface area contributed by atoms with E-state index in [-0.39, 0.29) is 23.9 Å². The predicted molar refractivity (Wildman–Crippen MR) is 102 cm³/mol. The monoisotopic (exact) mass is 365 g/mol. The van der Waals surface area contributed by atoms with Crippen molar-refractivity contribution < 1.29 is 9.18 Å². The summed E-state index contributed by atoms with van der Waals surface area (Å²) in [5, 5.41) is 6.79. The number of rotatable bonds is 3. The molecule has 0 aromatic carbocycles. The summed E-state index contributed by atoms with van der Waals surface area (Å²) in [5.41, 5.74) is 0. The third-order valence-electron chi connectivity index (χ3n) is 7.55. The average Bonchev–Trinajstić information content (AvgIpc) is 3.13. The molecule has 7 unspecified atom stereocenters. The van der Waals surface area contributed by atoms with Gasteiger partial charge < -0.3 is 15.5 Å². The van der Waals surface area contributed by atoms with Crippen LogP contribution >= 0.6 is 0 Å². The molecule has 2 heterocycles. The Kier molecular flexibility index (Phi) is 5.84. The van der Waals surface area contributed by atoms with Gasteiger partial charge in [0.1, 0.15) is 6.17 Å². The molecule has 148 valence electrons. The predicted octanol–water partition coefficient (Wildman–Crippen LogP) is 3.01. The van der Waals surface area contributed by atoms with E-state index in [4.69, 9.17) is 0 Å². The van der Waals surface area contributed by atoms with Crippen LogP contribution in [0.4, 0.5) is 4.39 Å². The molecule has 0 spiro atoms. The number of alkyl halides is 1. The fraction of sp³-hybridized carbons (Fsp3) is 0.952. The van der Waals surface area contributed by atoms with E-state index in [1.54, 1.807) is 0 Å². The number of amides is 1. The Balaban J connectivity index is 1.30. The van der Waals surface area contributed by atoms with Gasteiger partial charge in [0, 0.05) is 24.0 Å². The molecule has 2 aliphatic heterocycles. The first kappa shape index (κ1) is 18.7. The Bertz CT molecular complexity index is 478. The summed E-state index contributed by atoms with van der Waals surface area (Å²) in [7, 11) is 0. The van der Waals surface area contributed by atoms with Crippen LogP contribution in [0.3, 0.4) is 0 Å². The number of halogens is 1. The minimum Gasteiger partial charge on any atom is -0.352 e. The van der Waals surface area contributed by atoms with Gasteiger partial charge >= 0.3 is 0 Å². The van der Waals surface area contributed by atoms with Crippen molar-refractivity contribution in [1.29, 1.82) is 0 Å². The van der Waals surface area contributed by atoms with Crippen molar-refractivity contribution >= 4 is 5.91 Å². The Labute approximate surface area is 157 Å². The van der Waals surface area contributed by atoms with Crippen LogP contribution in [0.15, 0.2) is 0 Å². The zero-order valence-corrected chi connectivity index (χ0v) is 16.3. The Morgan fingerprint density at radius 2 is 1.85 bits per heavy atom. The normalized spacial score (nSPS) is 44.5. The van der Waals surface area contributed by atoms with Crippen molar-refractivity contribution in [2.24, 2.45) is 11.8 Å². The number of hydrogen-bond donors (Lipinski definition) is 2. The molecule has 7 atom stereocenters. The second kappa shape index (κ2) is 8.14. The van der Waals surface area contributed by atoms with Crippen molar-refractivity contribution in [3.63, 3.8) is 0 Å². The van der Waals surface area contributed by atoms with Gasteiger partial charge in [0.25, 0.3) is 0 Å². The lowest BCUT2D eigenvalue weighted by Gasteiger charge is -2.39. The number of nitrogens with one attached hydrogen (secondary N) is 2. The van der Waals surface area contributed by atoms with Crippen molar-refractivity contribution in [3.8, 4) is 0 Å². The van der Waals surface area contributed by atoms with E-state index < -0.39 is 6.17 Å². The Morgan fingerprint density at radius 1 is 1.04 bits per heavy atom. The van der Waals surface area contributed by atoms with Crippen LogP contribution in [-0.4, -0.2) is 54.2 Å². The third-order valence-corrected chi connectivity index (χ3v) is 7.55. The standard InChI is InChI=1S/C21H36FN3O/c1-14-8-9-18(22)17-13-19(24-20(14)17)21(26)23-15-6-5-7-16(12-15)25-10-3-2-4-11-25/h14-20,24H,2-13H2,1H3,(H,23,26). The minimum atomic E-state index is -0.736. The SMILES string of the molecule is CC1CCC(F)C2CC(C(=O)NC3CCCC(N4CCCCC4)C3)NC12. The molecule has 4 fully saturated rings. The second-order valence-electron chi connectivity index (χ2n) is 9.34. The highest BCUT2D eigenvalue weighted by Gasteiger charge is 2.46. The van der Waals surface area contributed by atoms with Gasteiger partial charge in [0.2, 0.25) is 5.91 Å². The zero-order chi connectivity index (χ0) is 18.1. The Morgan fingerprint density at radius 3 is 2.62 bits per heavy atom. The van der Waals surface area contributed by atoms with E-state index in [1.165, 1.54) is 45.2 Å².